The second-order valence-corrected chi connectivity index (χ2v) is 6.04. The Bertz CT molecular complexity index is 179. The van der Waals surface area contributed by atoms with E-state index in [4.69, 9.17) is 18.0 Å². The van der Waals surface area contributed by atoms with Crippen molar-refractivity contribution in [3.63, 3.8) is 0 Å². The van der Waals surface area contributed by atoms with Crippen LogP contribution >= 0.6 is 0 Å². The monoisotopic (exact) mass is 248 g/mol. The Kier molecular flexibility index (Phi) is 8.55. The summed E-state index contributed by atoms with van der Waals surface area (Å²) in [4.78, 5) is 0. The van der Waals surface area contributed by atoms with Gasteiger partial charge >= 0.3 is 8.80 Å². The minimum atomic E-state index is -2.71. The zero-order valence-electron chi connectivity index (χ0n) is 11.0. The Morgan fingerprint density at radius 2 is 1.44 bits per heavy atom. The van der Waals surface area contributed by atoms with Gasteiger partial charge in [-0.25, -0.2) is 0 Å². The van der Waals surface area contributed by atoms with Crippen LogP contribution in [0.4, 0.5) is 0 Å². The number of allylic oxidation sites excluding steroid dienone is 1. The van der Waals surface area contributed by atoms with Gasteiger partial charge in [0.2, 0.25) is 0 Å². The predicted molar refractivity (Wildman–Crippen MR) is 66.0 cm³/mol. The Hall–Kier alpha value is -0.363. The molecule has 4 nitrogen and oxygen atoms in total. The maximum atomic E-state index is 5.70. The van der Waals surface area contributed by atoms with Crippen molar-refractivity contribution in [2.45, 2.75) is 40.3 Å². The van der Waals surface area contributed by atoms with Crippen molar-refractivity contribution in [2.24, 2.45) is 0 Å². The highest BCUT2D eigenvalue weighted by molar-refractivity contribution is 6.62. The molecule has 0 saturated carbocycles. The Morgan fingerprint density at radius 3 is 1.75 bits per heavy atom. The summed E-state index contributed by atoms with van der Waals surface area (Å²) in [5.41, 5.74) is -0.191. The van der Waals surface area contributed by atoms with Crippen LogP contribution in [-0.4, -0.2) is 34.4 Å². The first-order valence-corrected chi connectivity index (χ1v) is 7.65. The fraction of sp³-hybridized carbons (Fsp3) is 0.818. The quantitative estimate of drug-likeness (QED) is 0.464. The van der Waals surface area contributed by atoms with E-state index in [-0.39, 0.29) is 5.73 Å². The van der Waals surface area contributed by atoms with Crippen LogP contribution in [0.25, 0.3) is 0 Å². The van der Waals surface area contributed by atoms with Gasteiger partial charge in [0, 0.05) is 19.8 Å². The minimum Gasteiger partial charge on any atom is -0.494 e. The third kappa shape index (κ3) is 4.65. The highest BCUT2D eigenvalue weighted by Gasteiger charge is 2.48. The van der Waals surface area contributed by atoms with Crippen molar-refractivity contribution in [2.75, 3.05) is 19.8 Å². The average Bonchev–Trinajstić information content (AvgIpc) is 2.26. The summed E-state index contributed by atoms with van der Waals surface area (Å²) in [6, 6.07) is 0. The summed E-state index contributed by atoms with van der Waals surface area (Å²) in [6.45, 7) is 11.3. The Balaban J connectivity index is 4.67. The van der Waals surface area contributed by atoms with Crippen molar-refractivity contribution in [1.82, 2.24) is 0 Å². The van der Waals surface area contributed by atoms with Gasteiger partial charge in [-0.1, -0.05) is 6.08 Å². The minimum absolute atomic E-state index is 0.191. The highest BCUT2D eigenvalue weighted by Crippen LogP contribution is 2.18. The van der Waals surface area contributed by atoms with E-state index in [0.29, 0.717) is 19.8 Å². The second kappa shape index (κ2) is 8.75. The third-order valence-electron chi connectivity index (χ3n) is 1.95. The van der Waals surface area contributed by atoms with E-state index in [1.807, 2.05) is 40.7 Å². The van der Waals surface area contributed by atoms with Crippen molar-refractivity contribution >= 4 is 8.80 Å². The summed E-state index contributed by atoms with van der Waals surface area (Å²) >= 11 is 0. The van der Waals surface area contributed by atoms with Crippen LogP contribution in [0, 0.1) is 0 Å². The van der Waals surface area contributed by atoms with Gasteiger partial charge in [0.25, 0.3) is 0 Å². The third-order valence-corrected chi connectivity index (χ3v) is 5.16. The largest absolute Gasteiger partial charge is 0.543 e. The lowest BCUT2D eigenvalue weighted by Crippen LogP contribution is -2.56. The Labute approximate surface area is 99.9 Å². The van der Waals surface area contributed by atoms with E-state index in [9.17, 15) is 0 Å². The molecule has 0 fully saturated rings. The van der Waals surface area contributed by atoms with Gasteiger partial charge in [-0.05, 0) is 34.6 Å². The van der Waals surface area contributed by atoms with Gasteiger partial charge < -0.3 is 18.0 Å². The van der Waals surface area contributed by atoms with Gasteiger partial charge in [0.1, 0.15) is 0 Å². The molecule has 1 atom stereocenters. The van der Waals surface area contributed by atoms with Crippen LogP contribution in [0.3, 0.4) is 0 Å². The van der Waals surface area contributed by atoms with E-state index in [0.717, 1.165) is 0 Å². The molecule has 0 amide bonds. The maximum absolute atomic E-state index is 5.70. The molecule has 16 heavy (non-hydrogen) atoms. The zero-order chi connectivity index (χ0) is 12.4. The number of ether oxygens (including phenoxy) is 1. The fourth-order valence-electron chi connectivity index (χ4n) is 1.36. The average molecular weight is 248 g/mol. The summed E-state index contributed by atoms with van der Waals surface area (Å²) in [5.74, 6) is 0. The number of rotatable bonds is 9. The van der Waals surface area contributed by atoms with Crippen molar-refractivity contribution < 1.29 is 18.0 Å². The molecule has 0 N–H and O–H groups in total. The first-order valence-electron chi connectivity index (χ1n) is 5.85. The van der Waals surface area contributed by atoms with Gasteiger partial charge in [-0.3, -0.25) is 0 Å². The van der Waals surface area contributed by atoms with Crippen LogP contribution < -0.4 is 0 Å². The van der Waals surface area contributed by atoms with Crippen molar-refractivity contribution in [3.8, 4) is 0 Å². The van der Waals surface area contributed by atoms with E-state index < -0.39 is 8.80 Å². The van der Waals surface area contributed by atoms with Crippen LogP contribution in [0.2, 0.25) is 0 Å². The molecule has 96 valence electrons. The van der Waals surface area contributed by atoms with E-state index in [1.165, 1.54) is 0 Å². The molecule has 0 aliphatic carbocycles. The first-order chi connectivity index (χ1) is 7.66. The lowest BCUT2D eigenvalue weighted by atomic mass is 10.7. The van der Waals surface area contributed by atoms with Gasteiger partial charge in [0.05, 0.1) is 6.26 Å². The van der Waals surface area contributed by atoms with E-state index >= 15 is 0 Å². The molecule has 0 aromatic heterocycles. The van der Waals surface area contributed by atoms with Crippen LogP contribution in [-0.2, 0) is 18.0 Å². The molecule has 0 radical (unpaired) electrons. The summed E-state index contributed by atoms with van der Waals surface area (Å²) in [6.07, 6.45) is 3.48. The predicted octanol–water partition coefficient (Wildman–Crippen LogP) is 2.51. The molecule has 0 rings (SSSR count). The molecule has 0 saturated heterocycles. The lowest BCUT2D eigenvalue weighted by Gasteiger charge is -2.32. The van der Waals surface area contributed by atoms with E-state index in [1.54, 1.807) is 6.26 Å². The van der Waals surface area contributed by atoms with Gasteiger partial charge in [0.15, 0.2) is 5.73 Å². The summed E-state index contributed by atoms with van der Waals surface area (Å²) in [5, 5.41) is 0. The molecule has 1 unspecified atom stereocenters. The standard InChI is InChI=1S/C11H24O4Si/c1-6-10-12-11(5)16(13-7-2,14-8-3)15-9-4/h6,10-11H,7-9H2,1-5H3. The fourth-order valence-corrected chi connectivity index (χ4v) is 3.77. The van der Waals surface area contributed by atoms with Crippen molar-refractivity contribution in [1.29, 1.82) is 0 Å². The van der Waals surface area contributed by atoms with Crippen molar-refractivity contribution in [3.05, 3.63) is 12.3 Å². The smallest absolute Gasteiger partial charge is 0.494 e. The number of hydrogen-bond donors (Lipinski definition) is 0. The van der Waals surface area contributed by atoms with Crippen LogP contribution in [0.1, 0.15) is 34.6 Å². The Morgan fingerprint density at radius 1 is 1.00 bits per heavy atom. The molecule has 0 spiro atoms. The molecule has 0 bridgehead atoms. The lowest BCUT2D eigenvalue weighted by molar-refractivity contribution is 0.0224. The van der Waals surface area contributed by atoms with Gasteiger partial charge in [-0.2, -0.15) is 0 Å². The molecule has 0 aliphatic heterocycles. The SMILES string of the molecule is CC=COC(C)[Si](OCC)(OCC)OCC. The first kappa shape index (κ1) is 15.6. The topological polar surface area (TPSA) is 36.9 Å². The molecule has 5 heteroatoms. The summed E-state index contributed by atoms with van der Waals surface area (Å²) in [7, 11) is -2.71. The summed E-state index contributed by atoms with van der Waals surface area (Å²) < 4.78 is 22.6. The normalized spacial score (nSPS) is 14.3. The number of hydrogen-bond acceptors (Lipinski definition) is 4. The molecular formula is C11H24O4Si. The molecular weight excluding hydrogens is 224 g/mol. The molecule has 0 heterocycles. The van der Waals surface area contributed by atoms with Crippen LogP contribution in [0.5, 0.6) is 0 Å². The molecule has 0 aromatic carbocycles. The molecule has 0 aromatic rings. The van der Waals surface area contributed by atoms with Gasteiger partial charge in [-0.15, -0.1) is 0 Å². The maximum Gasteiger partial charge on any atom is 0.543 e. The van der Waals surface area contributed by atoms with E-state index in [2.05, 4.69) is 0 Å². The highest BCUT2D eigenvalue weighted by atomic mass is 28.4. The second-order valence-electron chi connectivity index (χ2n) is 3.15. The van der Waals surface area contributed by atoms with Crippen LogP contribution in [0.15, 0.2) is 12.3 Å². The molecule has 0 aliphatic rings. The zero-order valence-corrected chi connectivity index (χ0v) is 12.0.